The maximum absolute atomic E-state index is 12.6. The highest BCUT2D eigenvalue weighted by Gasteiger charge is 2.24. The Bertz CT molecular complexity index is 1100. The van der Waals surface area contributed by atoms with Gasteiger partial charge in [-0.3, -0.25) is 4.79 Å². The average Bonchev–Trinajstić information content (AvgIpc) is 2.79. The van der Waals surface area contributed by atoms with Gasteiger partial charge < -0.3 is 10.5 Å². The number of hydrogen-bond donors (Lipinski definition) is 3. The number of carbonyl (C=O) groups excluding carboxylic acids is 1. The van der Waals surface area contributed by atoms with Crippen molar-refractivity contribution >= 4 is 39.2 Å². The first-order valence-electron chi connectivity index (χ1n) is 9.13. The van der Waals surface area contributed by atoms with Crippen molar-refractivity contribution in [1.82, 2.24) is 4.41 Å². The zero-order valence-electron chi connectivity index (χ0n) is 17.0. The Labute approximate surface area is 191 Å². The number of hydrazine groups is 2. The van der Waals surface area contributed by atoms with Gasteiger partial charge in [0.15, 0.2) is 0 Å². The number of carbonyl (C=O) groups is 1. The van der Waals surface area contributed by atoms with Gasteiger partial charge in [0.05, 0.1) is 23.6 Å². The Morgan fingerprint density at radius 2 is 1.75 bits per heavy atom. The molecule has 0 spiro atoms. The van der Waals surface area contributed by atoms with E-state index in [1.54, 1.807) is 24.3 Å². The van der Waals surface area contributed by atoms with E-state index in [0.717, 1.165) is 5.01 Å². The molecule has 0 bridgehead atoms. The molecule has 0 saturated heterocycles. The second-order valence-corrected chi connectivity index (χ2v) is 8.43. The van der Waals surface area contributed by atoms with Gasteiger partial charge in [-0.1, -0.05) is 24.3 Å². The smallest absolute Gasteiger partial charge is 0.280 e. The van der Waals surface area contributed by atoms with Crippen LogP contribution >= 0.6 is 11.6 Å². The molecule has 0 aromatic heterocycles. The Balaban J connectivity index is 2.01. The van der Waals surface area contributed by atoms with Crippen LogP contribution in [0.1, 0.15) is 6.42 Å². The molecule has 170 valence electrons. The van der Waals surface area contributed by atoms with E-state index in [1.807, 2.05) is 0 Å². The third-order valence-electron chi connectivity index (χ3n) is 3.99. The van der Waals surface area contributed by atoms with Crippen molar-refractivity contribution in [2.45, 2.75) is 11.3 Å². The third-order valence-corrected chi connectivity index (χ3v) is 5.82. The lowest BCUT2D eigenvalue weighted by Crippen LogP contribution is -2.46. The number of nitrogens with zero attached hydrogens (tertiary/aromatic N) is 3. The van der Waals surface area contributed by atoms with Crippen LogP contribution in [0.4, 0.5) is 5.69 Å². The molecule has 0 aliphatic carbocycles. The fourth-order valence-corrected chi connectivity index (χ4v) is 3.43. The average molecular weight is 479 g/mol. The van der Waals surface area contributed by atoms with Crippen LogP contribution in [0.15, 0.2) is 83.3 Å². The maximum Gasteiger partial charge on any atom is 0.280 e. The number of anilines is 1. The molecule has 2 aromatic carbocycles. The van der Waals surface area contributed by atoms with Gasteiger partial charge in [0.1, 0.15) is 5.75 Å². The number of nitrogens with two attached hydrogens (primary N) is 3. The first kappa shape index (κ1) is 24.9. The summed E-state index contributed by atoms with van der Waals surface area (Å²) in [6, 6.07) is 11.9. The zero-order valence-corrected chi connectivity index (χ0v) is 18.5. The molecule has 6 N–H and O–H groups in total. The van der Waals surface area contributed by atoms with Crippen LogP contribution < -0.4 is 27.2 Å². The summed E-state index contributed by atoms with van der Waals surface area (Å²) in [5.74, 6) is 11.1. The molecular formula is C20H23ClN6O4S. The van der Waals surface area contributed by atoms with E-state index >= 15 is 0 Å². The van der Waals surface area contributed by atoms with Gasteiger partial charge in [0.25, 0.3) is 10.0 Å². The molecule has 0 atom stereocenters. The van der Waals surface area contributed by atoms with Crippen LogP contribution in [0.25, 0.3) is 0 Å². The van der Waals surface area contributed by atoms with Gasteiger partial charge in [-0.15, -0.1) is 0 Å². The number of hydrogen-bond acceptors (Lipinski definition) is 7. The molecule has 0 aliphatic rings. The fourth-order valence-electron chi connectivity index (χ4n) is 2.30. The summed E-state index contributed by atoms with van der Waals surface area (Å²) in [5.41, 5.74) is 5.87. The van der Waals surface area contributed by atoms with Crippen molar-refractivity contribution in [2.75, 3.05) is 11.6 Å². The van der Waals surface area contributed by atoms with Crippen LogP contribution in [0, 0.1) is 0 Å². The molecule has 0 fully saturated rings. The number of sulfonamides is 1. The molecule has 12 heteroatoms. The number of rotatable bonds is 9. The molecule has 0 unspecified atom stereocenters. The van der Waals surface area contributed by atoms with E-state index in [0.29, 0.717) is 15.2 Å². The minimum Gasteiger partial charge on any atom is -0.493 e. The van der Waals surface area contributed by atoms with Gasteiger partial charge >= 0.3 is 0 Å². The highest BCUT2D eigenvalue weighted by Crippen LogP contribution is 2.19. The quantitative estimate of drug-likeness (QED) is 0.124. The fraction of sp³-hybridized carbons (Fsp3) is 0.100. The van der Waals surface area contributed by atoms with Gasteiger partial charge in [0, 0.05) is 11.2 Å². The number of amides is 1. The summed E-state index contributed by atoms with van der Waals surface area (Å²) in [4.78, 5) is 15.8. The van der Waals surface area contributed by atoms with Crippen LogP contribution in [0.5, 0.6) is 5.75 Å². The van der Waals surface area contributed by atoms with E-state index in [1.165, 1.54) is 42.6 Å². The molecule has 10 nitrogen and oxygen atoms in total. The molecular weight excluding hydrogens is 456 g/mol. The number of benzene rings is 2. The summed E-state index contributed by atoms with van der Waals surface area (Å²) in [6.07, 6.45) is 4.14. The second-order valence-electron chi connectivity index (χ2n) is 6.18. The molecule has 2 rings (SSSR count). The third kappa shape index (κ3) is 6.56. The summed E-state index contributed by atoms with van der Waals surface area (Å²) >= 11 is 5.81. The normalized spacial score (nSPS) is 11.9. The zero-order chi connectivity index (χ0) is 23.7. The Morgan fingerprint density at radius 3 is 2.34 bits per heavy atom. The lowest BCUT2D eigenvalue weighted by molar-refractivity contribution is -0.119. The molecule has 0 heterocycles. The van der Waals surface area contributed by atoms with Gasteiger partial charge in [0.2, 0.25) is 11.9 Å². The summed E-state index contributed by atoms with van der Waals surface area (Å²) in [6.45, 7) is 3.56. The number of aliphatic imine (C=N–C) groups is 1. The lowest BCUT2D eigenvalue weighted by atomic mass is 10.3. The monoisotopic (exact) mass is 478 g/mol. The van der Waals surface area contributed by atoms with Crippen molar-refractivity contribution in [3.05, 3.63) is 78.5 Å². The van der Waals surface area contributed by atoms with Gasteiger partial charge in [-0.25, -0.2) is 21.7 Å². The number of allylic oxidation sites excluding steroid dienone is 2. The van der Waals surface area contributed by atoms with Gasteiger partial charge in [-0.2, -0.15) is 12.8 Å². The van der Waals surface area contributed by atoms with Crippen LogP contribution in [-0.2, 0) is 14.8 Å². The lowest BCUT2D eigenvalue weighted by Gasteiger charge is -2.19. The maximum atomic E-state index is 12.6. The first-order valence-corrected chi connectivity index (χ1v) is 11.0. The predicted molar refractivity (Wildman–Crippen MR) is 124 cm³/mol. The molecule has 2 aromatic rings. The van der Waals surface area contributed by atoms with Crippen molar-refractivity contribution in [3.63, 3.8) is 0 Å². The van der Waals surface area contributed by atoms with E-state index in [4.69, 9.17) is 33.8 Å². The second kappa shape index (κ2) is 11.3. The number of halogens is 1. The summed E-state index contributed by atoms with van der Waals surface area (Å²) in [7, 11) is -4.16. The van der Waals surface area contributed by atoms with Crippen LogP contribution in [0.2, 0.25) is 5.02 Å². The number of ether oxygens (including phenoxy) is 1. The van der Waals surface area contributed by atoms with E-state index in [2.05, 4.69) is 11.6 Å². The number of guanidine groups is 1. The minimum absolute atomic E-state index is 0.000970. The Morgan fingerprint density at radius 1 is 1.12 bits per heavy atom. The van der Waals surface area contributed by atoms with Crippen molar-refractivity contribution in [3.8, 4) is 5.75 Å². The molecule has 1 amide bonds. The first-order chi connectivity index (χ1) is 15.2. The summed E-state index contributed by atoms with van der Waals surface area (Å²) in [5, 5.41) is 1.47. The molecule has 0 saturated carbocycles. The topological polar surface area (TPSA) is 157 Å². The summed E-state index contributed by atoms with van der Waals surface area (Å²) < 4.78 is 31.0. The van der Waals surface area contributed by atoms with E-state index < -0.39 is 21.9 Å². The van der Waals surface area contributed by atoms with Gasteiger partial charge in [-0.05, 0) is 54.6 Å². The van der Waals surface area contributed by atoms with Crippen LogP contribution in [0.3, 0.4) is 0 Å². The Hall–Kier alpha value is -3.38. The molecule has 32 heavy (non-hydrogen) atoms. The molecule has 0 radical (unpaired) electrons. The standard InChI is InChI=1S/C20H23ClN6O4S/c1-2-3-13-25-20(22)27(24)32(29,30)18-10-6-16(7-11-18)26(23)19(28)12-14-31-17-8-4-15(21)5-9-17/h2-11,13H,1,12,14,23-24H2,(H2,22,25)/b13-3-. The highest BCUT2D eigenvalue weighted by molar-refractivity contribution is 7.89. The SMILES string of the molecule is C=C/C=C\N=C(N)N(N)S(=O)(=O)c1ccc(N(N)C(=O)CCOc2ccc(Cl)cc2)cc1. The van der Waals surface area contributed by atoms with E-state index in [9.17, 15) is 13.2 Å². The molecule has 0 aliphatic heterocycles. The predicted octanol–water partition coefficient (Wildman–Crippen LogP) is 1.89. The van der Waals surface area contributed by atoms with Crippen molar-refractivity contribution < 1.29 is 17.9 Å². The van der Waals surface area contributed by atoms with Crippen molar-refractivity contribution in [1.29, 1.82) is 0 Å². The minimum atomic E-state index is -4.16. The Kier molecular flexibility index (Phi) is 8.79. The van der Waals surface area contributed by atoms with Crippen LogP contribution in [-0.4, -0.2) is 31.3 Å². The van der Waals surface area contributed by atoms with Crippen molar-refractivity contribution in [2.24, 2.45) is 22.4 Å². The highest BCUT2D eigenvalue weighted by atomic mass is 35.5. The largest absolute Gasteiger partial charge is 0.493 e. The van der Waals surface area contributed by atoms with E-state index in [-0.39, 0.29) is 23.6 Å².